The van der Waals surface area contributed by atoms with Gasteiger partial charge in [0.05, 0.1) is 6.26 Å². The fourth-order valence-electron chi connectivity index (χ4n) is 2.61. The molecule has 0 bridgehead atoms. The molecule has 0 saturated carbocycles. The number of pyridine rings is 1. The zero-order chi connectivity index (χ0) is 15.0. The summed E-state index contributed by atoms with van der Waals surface area (Å²) < 4.78 is 24.6. The molecular formula is C15H24N2O2S. The standard InChI is InChI=1S/C15H24N2O2S/c1-15(2,3)14-6-5-13(11-16-14)12-7-9-17(10-8-12)20(4,18)19/h5-6,11-12H,7-10H2,1-4H3. The van der Waals surface area contributed by atoms with Crippen LogP contribution in [0.1, 0.15) is 50.8 Å². The van der Waals surface area contributed by atoms with Crippen LogP contribution in [0.15, 0.2) is 18.3 Å². The maximum Gasteiger partial charge on any atom is 0.211 e. The van der Waals surface area contributed by atoms with E-state index in [1.165, 1.54) is 11.8 Å². The Hall–Kier alpha value is -0.940. The Morgan fingerprint density at radius 2 is 1.80 bits per heavy atom. The van der Waals surface area contributed by atoms with Crippen molar-refractivity contribution >= 4 is 10.0 Å². The van der Waals surface area contributed by atoms with Gasteiger partial charge in [0.1, 0.15) is 0 Å². The lowest BCUT2D eigenvalue weighted by Gasteiger charge is -2.30. The summed E-state index contributed by atoms with van der Waals surface area (Å²) in [7, 11) is -3.04. The molecular weight excluding hydrogens is 272 g/mol. The number of rotatable bonds is 2. The SMILES string of the molecule is CC(C)(C)c1ccc(C2CCN(S(C)(=O)=O)CC2)cn1. The molecule has 0 aromatic carbocycles. The van der Waals surface area contributed by atoms with Gasteiger partial charge in [-0.05, 0) is 30.4 Å². The van der Waals surface area contributed by atoms with Gasteiger partial charge in [-0.15, -0.1) is 0 Å². The Bertz CT molecular complexity index is 551. The van der Waals surface area contributed by atoms with E-state index in [1.54, 1.807) is 4.31 Å². The molecule has 2 rings (SSSR count). The summed E-state index contributed by atoms with van der Waals surface area (Å²) in [4.78, 5) is 4.56. The van der Waals surface area contributed by atoms with Gasteiger partial charge >= 0.3 is 0 Å². The van der Waals surface area contributed by atoms with Crippen LogP contribution in [0.25, 0.3) is 0 Å². The Morgan fingerprint density at radius 1 is 1.20 bits per heavy atom. The summed E-state index contributed by atoms with van der Waals surface area (Å²) in [5.41, 5.74) is 2.39. The Morgan fingerprint density at radius 3 is 2.20 bits per heavy atom. The summed E-state index contributed by atoms with van der Waals surface area (Å²) in [6.07, 6.45) is 5.00. The first-order chi connectivity index (χ1) is 9.18. The average molecular weight is 296 g/mol. The van der Waals surface area contributed by atoms with Crippen LogP contribution in [0.2, 0.25) is 0 Å². The second-order valence-corrected chi connectivity index (χ2v) is 8.65. The van der Waals surface area contributed by atoms with Crippen LogP contribution in [-0.2, 0) is 15.4 Å². The minimum absolute atomic E-state index is 0.0676. The van der Waals surface area contributed by atoms with Gasteiger partial charge in [-0.1, -0.05) is 26.8 Å². The van der Waals surface area contributed by atoms with E-state index in [1.807, 2.05) is 6.20 Å². The molecule has 1 aliphatic rings. The van der Waals surface area contributed by atoms with Crippen molar-refractivity contribution in [1.29, 1.82) is 0 Å². The van der Waals surface area contributed by atoms with Crippen LogP contribution in [0.5, 0.6) is 0 Å². The van der Waals surface area contributed by atoms with E-state index in [0.29, 0.717) is 19.0 Å². The summed E-state index contributed by atoms with van der Waals surface area (Å²) in [6, 6.07) is 4.24. The fraction of sp³-hybridized carbons (Fsp3) is 0.667. The normalized spacial score (nSPS) is 19.2. The third kappa shape index (κ3) is 3.58. The molecule has 1 fully saturated rings. The number of nitrogens with zero attached hydrogens (tertiary/aromatic N) is 2. The summed E-state index contributed by atoms with van der Waals surface area (Å²) in [6.45, 7) is 7.69. The first kappa shape index (κ1) is 15.4. The van der Waals surface area contributed by atoms with Crippen molar-refractivity contribution in [3.05, 3.63) is 29.6 Å². The highest BCUT2D eigenvalue weighted by Gasteiger charge is 2.26. The molecule has 1 saturated heterocycles. The van der Waals surface area contributed by atoms with E-state index < -0.39 is 10.0 Å². The van der Waals surface area contributed by atoms with Gasteiger partial charge in [0.15, 0.2) is 0 Å². The number of piperidine rings is 1. The van der Waals surface area contributed by atoms with Crippen LogP contribution >= 0.6 is 0 Å². The average Bonchev–Trinajstić information content (AvgIpc) is 2.37. The molecule has 0 amide bonds. The molecule has 0 N–H and O–H groups in total. The lowest BCUT2D eigenvalue weighted by atomic mass is 9.88. The first-order valence-corrected chi connectivity index (χ1v) is 8.94. The van der Waals surface area contributed by atoms with Gasteiger partial charge in [0, 0.05) is 30.4 Å². The van der Waals surface area contributed by atoms with Gasteiger partial charge in [-0.2, -0.15) is 0 Å². The highest BCUT2D eigenvalue weighted by molar-refractivity contribution is 7.88. The van der Waals surface area contributed by atoms with Crippen LogP contribution in [0.3, 0.4) is 0 Å². The highest BCUT2D eigenvalue weighted by Crippen LogP contribution is 2.29. The van der Waals surface area contributed by atoms with Crippen LogP contribution in [0, 0.1) is 0 Å². The Kier molecular flexibility index (Phi) is 4.21. The van der Waals surface area contributed by atoms with E-state index in [9.17, 15) is 8.42 Å². The van der Waals surface area contributed by atoms with Gasteiger partial charge in [-0.25, -0.2) is 12.7 Å². The maximum absolute atomic E-state index is 11.5. The van der Waals surface area contributed by atoms with Gasteiger partial charge in [0.25, 0.3) is 0 Å². The predicted molar refractivity (Wildman–Crippen MR) is 81.3 cm³/mol. The van der Waals surface area contributed by atoms with Crippen molar-refractivity contribution in [2.24, 2.45) is 0 Å². The second kappa shape index (κ2) is 5.45. The van der Waals surface area contributed by atoms with E-state index in [-0.39, 0.29) is 5.41 Å². The molecule has 0 atom stereocenters. The molecule has 0 spiro atoms. The van der Waals surface area contributed by atoms with Crippen molar-refractivity contribution in [2.45, 2.75) is 44.9 Å². The molecule has 0 radical (unpaired) electrons. The van der Waals surface area contributed by atoms with Crippen molar-refractivity contribution in [3.63, 3.8) is 0 Å². The molecule has 1 aliphatic heterocycles. The molecule has 2 heterocycles. The summed E-state index contributed by atoms with van der Waals surface area (Å²) in [5, 5.41) is 0. The molecule has 0 aliphatic carbocycles. The predicted octanol–water partition coefficient (Wildman–Crippen LogP) is 2.52. The minimum atomic E-state index is -3.04. The van der Waals surface area contributed by atoms with Crippen molar-refractivity contribution in [2.75, 3.05) is 19.3 Å². The molecule has 112 valence electrons. The van der Waals surface area contributed by atoms with E-state index in [2.05, 4.69) is 37.9 Å². The topological polar surface area (TPSA) is 50.3 Å². The van der Waals surface area contributed by atoms with Crippen LogP contribution in [0.4, 0.5) is 0 Å². The lowest BCUT2D eigenvalue weighted by Crippen LogP contribution is -2.37. The maximum atomic E-state index is 11.5. The summed E-state index contributed by atoms with van der Waals surface area (Å²) in [5.74, 6) is 0.425. The van der Waals surface area contributed by atoms with Crippen molar-refractivity contribution < 1.29 is 8.42 Å². The van der Waals surface area contributed by atoms with E-state index >= 15 is 0 Å². The van der Waals surface area contributed by atoms with Crippen LogP contribution < -0.4 is 0 Å². The first-order valence-electron chi connectivity index (χ1n) is 7.09. The Labute approximate surface area is 122 Å². The molecule has 1 aromatic heterocycles. The van der Waals surface area contributed by atoms with Gasteiger partial charge in [-0.3, -0.25) is 4.98 Å². The van der Waals surface area contributed by atoms with Crippen molar-refractivity contribution in [3.8, 4) is 0 Å². The molecule has 20 heavy (non-hydrogen) atoms. The quantitative estimate of drug-likeness (QED) is 0.842. The third-order valence-electron chi connectivity index (χ3n) is 3.95. The lowest BCUT2D eigenvalue weighted by molar-refractivity contribution is 0.321. The minimum Gasteiger partial charge on any atom is -0.260 e. The van der Waals surface area contributed by atoms with Gasteiger partial charge < -0.3 is 0 Å². The molecule has 1 aromatic rings. The number of sulfonamides is 1. The second-order valence-electron chi connectivity index (χ2n) is 6.66. The van der Waals surface area contributed by atoms with E-state index in [0.717, 1.165) is 18.5 Å². The van der Waals surface area contributed by atoms with Crippen molar-refractivity contribution in [1.82, 2.24) is 9.29 Å². The van der Waals surface area contributed by atoms with E-state index in [4.69, 9.17) is 0 Å². The number of hydrogen-bond donors (Lipinski definition) is 0. The number of aromatic nitrogens is 1. The Balaban J connectivity index is 2.04. The monoisotopic (exact) mass is 296 g/mol. The van der Waals surface area contributed by atoms with Crippen LogP contribution in [-0.4, -0.2) is 37.1 Å². The smallest absolute Gasteiger partial charge is 0.211 e. The largest absolute Gasteiger partial charge is 0.260 e. The fourth-order valence-corrected chi connectivity index (χ4v) is 3.49. The summed E-state index contributed by atoms with van der Waals surface area (Å²) >= 11 is 0. The number of hydrogen-bond acceptors (Lipinski definition) is 3. The molecule has 5 heteroatoms. The third-order valence-corrected chi connectivity index (χ3v) is 5.25. The zero-order valence-corrected chi connectivity index (χ0v) is 13.6. The van der Waals surface area contributed by atoms with Gasteiger partial charge in [0.2, 0.25) is 10.0 Å². The molecule has 0 unspecified atom stereocenters. The highest BCUT2D eigenvalue weighted by atomic mass is 32.2. The zero-order valence-electron chi connectivity index (χ0n) is 12.8. The molecule has 4 nitrogen and oxygen atoms in total.